The summed E-state index contributed by atoms with van der Waals surface area (Å²) in [5, 5.41) is 9.17. The molecule has 1 aromatic rings. The van der Waals surface area contributed by atoms with Crippen LogP contribution in [-0.4, -0.2) is 39.5 Å². The number of aliphatic carboxylic acids is 1. The lowest BCUT2D eigenvalue weighted by Gasteiger charge is -2.36. The number of carboxylic acid groups (broad SMARTS) is 1. The zero-order chi connectivity index (χ0) is 14.2. The van der Waals surface area contributed by atoms with Crippen LogP contribution in [0.3, 0.4) is 0 Å². The average Bonchev–Trinajstić information content (AvgIpc) is 2.68. The van der Waals surface area contributed by atoms with Crippen LogP contribution in [-0.2, 0) is 11.8 Å². The fourth-order valence-electron chi connectivity index (χ4n) is 2.32. The lowest BCUT2D eigenvalue weighted by atomic mass is 9.80. The topological polar surface area (TPSA) is 62.5 Å². The van der Waals surface area contributed by atoms with Gasteiger partial charge in [-0.15, -0.1) is 0 Å². The van der Waals surface area contributed by atoms with Gasteiger partial charge in [0.15, 0.2) is 0 Å². The fourth-order valence-corrected chi connectivity index (χ4v) is 2.84. The number of carbonyl (C=O) groups is 2. The van der Waals surface area contributed by atoms with Crippen LogP contribution in [0.5, 0.6) is 0 Å². The van der Waals surface area contributed by atoms with Gasteiger partial charge in [0.1, 0.15) is 5.69 Å². The van der Waals surface area contributed by atoms with E-state index >= 15 is 0 Å². The van der Waals surface area contributed by atoms with E-state index in [2.05, 4.69) is 15.9 Å². The maximum atomic E-state index is 12.4. The first kappa shape index (κ1) is 14.1. The molecule has 1 saturated heterocycles. The van der Waals surface area contributed by atoms with Crippen LogP contribution in [0.1, 0.15) is 30.3 Å². The van der Waals surface area contributed by atoms with Crippen molar-refractivity contribution < 1.29 is 14.7 Å². The van der Waals surface area contributed by atoms with E-state index in [1.54, 1.807) is 22.5 Å². The second kappa shape index (κ2) is 5.00. The van der Waals surface area contributed by atoms with Crippen molar-refractivity contribution in [2.24, 2.45) is 12.5 Å². The summed E-state index contributed by atoms with van der Waals surface area (Å²) in [4.78, 5) is 25.2. The van der Waals surface area contributed by atoms with Crippen LogP contribution in [0.15, 0.2) is 16.7 Å². The number of hydrogen-bond acceptors (Lipinski definition) is 2. The number of likely N-dealkylation sites (tertiary alicyclic amines) is 1. The van der Waals surface area contributed by atoms with Crippen LogP contribution < -0.4 is 0 Å². The van der Waals surface area contributed by atoms with E-state index in [-0.39, 0.29) is 5.91 Å². The molecule has 1 aliphatic rings. The highest BCUT2D eigenvalue weighted by Gasteiger charge is 2.38. The molecule has 0 saturated carbocycles. The third kappa shape index (κ3) is 2.68. The van der Waals surface area contributed by atoms with Crippen molar-refractivity contribution in [1.82, 2.24) is 9.47 Å². The van der Waals surface area contributed by atoms with E-state index in [1.165, 1.54) is 0 Å². The van der Waals surface area contributed by atoms with Gasteiger partial charge < -0.3 is 14.6 Å². The Morgan fingerprint density at radius 3 is 2.37 bits per heavy atom. The standard InChI is InChI=1S/C13H17BrN2O3/c1-13(12(18)19)3-5-16(6-4-13)11(17)10-7-9(14)8-15(10)2/h7-8H,3-6H2,1-2H3,(H,18,19). The van der Waals surface area contributed by atoms with Crippen LogP contribution in [0.4, 0.5) is 0 Å². The van der Waals surface area contributed by atoms with E-state index in [4.69, 9.17) is 0 Å². The lowest BCUT2D eigenvalue weighted by molar-refractivity contribution is -0.150. The highest BCUT2D eigenvalue weighted by molar-refractivity contribution is 9.10. The maximum Gasteiger partial charge on any atom is 0.309 e. The van der Waals surface area contributed by atoms with Crippen molar-refractivity contribution in [3.63, 3.8) is 0 Å². The highest BCUT2D eigenvalue weighted by atomic mass is 79.9. The Labute approximate surface area is 120 Å². The summed E-state index contributed by atoms with van der Waals surface area (Å²) in [6.07, 6.45) is 2.83. The highest BCUT2D eigenvalue weighted by Crippen LogP contribution is 2.31. The van der Waals surface area contributed by atoms with Gasteiger partial charge in [-0.3, -0.25) is 9.59 Å². The van der Waals surface area contributed by atoms with Crippen LogP contribution in [0, 0.1) is 5.41 Å². The van der Waals surface area contributed by atoms with Crippen molar-refractivity contribution in [2.75, 3.05) is 13.1 Å². The molecule has 0 unspecified atom stereocenters. The number of nitrogens with zero attached hydrogens (tertiary/aromatic N) is 2. The van der Waals surface area contributed by atoms with Crippen molar-refractivity contribution in [2.45, 2.75) is 19.8 Å². The zero-order valence-electron chi connectivity index (χ0n) is 11.0. The number of carboxylic acids is 1. The molecule has 0 spiro atoms. The summed E-state index contributed by atoms with van der Waals surface area (Å²) < 4.78 is 2.64. The first-order valence-electron chi connectivity index (χ1n) is 6.18. The molecule has 1 amide bonds. The predicted molar refractivity (Wildman–Crippen MR) is 74.0 cm³/mol. The van der Waals surface area contributed by atoms with Crippen molar-refractivity contribution in [3.8, 4) is 0 Å². The minimum absolute atomic E-state index is 0.0411. The van der Waals surface area contributed by atoms with Crippen LogP contribution in [0.25, 0.3) is 0 Å². The number of aryl methyl sites for hydroxylation is 1. The minimum Gasteiger partial charge on any atom is -0.481 e. The summed E-state index contributed by atoms with van der Waals surface area (Å²) >= 11 is 3.34. The molecule has 1 aliphatic heterocycles. The fraction of sp³-hybridized carbons (Fsp3) is 0.538. The molecule has 0 aliphatic carbocycles. The Hall–Kier alpha value is -1.30. The molecule has 2 heterocycles. The first-order chi connectivity index (χ1) is 8.83. The maximum absolute atomic E-state index is 12.4. The van der Waals surface area contributed by atoms with E-state index in [0.717, 1.165) is 4.47 Å². The van der Waals surface area contributed by atoms with Crippen LogP contribution >= 0.6 is 15.9 Å². The Balaban J connectivity index is 2.08. The van der Waals surface area contributed by atoms with Gasteiger partial charge in [0.25, 0.3) is 5.91 Å². The summed E-state index contributed by atoms with van der Waals surface area (Å²) in [5.41, 5.74) is -0.0863. The predicted octanol–water partition coefficient (Wildman–Crippen LogP) is 2.11. The SMILES string of the molecule is Cn1cc(Br)cc1C(=O)N1CCC(C)(C(=O)O)CC1. The molecule has 0 atom stereocenters. The molecule has 19 heavy (non-hydrogen) atoms. The molecule has 5 nitrogen and oxygen atoms in total. The monoisotopic (exact) mass is 328 g/mol. The molecule has 0 radical (unpaired) electrons. The number of piperidine rings is 1. The lowest BCUT2D eigenvalue weighted by Crippen LogP contribution is -2.45. The van der Waals surface area contributed by atoms with Crippen molar-refractivity contribution in [1.29, 1.82) is 0 Å². The summed E-state index contributed by atoms with van der Waals surface area (Å²) in [6, 6.07) is 1.79. The zero-order valence-corrected chi connectivity index (χ0v) is 12.6. The van der Waals surface area contributed by atoms with Gasteiger partial charge >= 0.3 is 5.97 Å². The van der Waals surface area contributed by atoms with Gasteiger partial charge in [0, 0.05) is 30.8 Å². The molecule has 104 valence electrons. The van der Waals surface area contributed by atoms with Gasteiger partial charge in [0.05, 0.1) is 5.41 Å². The molecule has 2 rings (SSSR count). The Morgan fingerprint density at radius 1 is 1.37 bits per heavy atom. The molecule has 0 aromatic carbocycles. The van der Waals surface area contributed by atoms with E-state index in [0.29, 0.717) is 31.6 Å². The number of halogens is 1. The summed E-state index contributed by atoms with van der Waals surface area (Å²) in [7, 11) is 1.82. The normalized spacial score (nSPS) is 18.4. The van der Waals surface area contributed by atoms with Gasteiger partial charge in [-0.2, -0.15) is 0 Å². The second-order valence-corrected chi connectivity index (χ2v) is 6.23. The number of amides is 1. The van der Waals surface area contributed by atoms with E-state index < -0.39 is 11.4 Å². The summed E-state index contributed by atoms with van der Waals surface area (Å²) in [5.74, 6) is -0.818. The van der Waals surface area contributed by atoms with Gasteiger partial charge in [-0.1, -0.05) is 0 Å². The number of carbonyl (C=O) groups excluding carboxylic acids is 1. The van der Waals surface area contributed by atoms with Gasteiger partial charge in [-0.25, -0.2) is 0 Å². The third-order valence-corrected chi connectivity index (χ3v) is 4.29. The third-order valence-electron chi connectivity index (χ3n) is 3.86. The molecule has 6 heteroatoms. The van der Waals surface area contributed by atoms with E-state index in [1.807, 2.05) is 13.2 Å². The largest absolute Gasteiger partial charge is 0.481 e. The molecular weight excluding hydrogens is 312 g/mol. The molecule has 1 aromatic heterocycles. The van der Waals surface area contributed by atoms with Gasteiger partial charge in [0.2, 0.25) is 0 Å². The quantitative estimate of drug-likeness (QED) is 0.904. The Bertz CT molecular complexity index is 516. The number of rotatable bonds is 2. The average molecular weight is 329 g/mol. The number of aromatic nitrogens is 1. The first-order valence-corrected chi connectivity index (χ1v) is 6.97. The van der Waals surface area contributed by atoms with E-state index in [9.17, 15) is 14.7 Å². The smallest absolute Gasteiger partial charge is 0.309 e. The van der Waals surface area contributed by atoms with Gasteiger partial charge in [-0.05, 0) is 41.8 Å². The Kier molecular flexibility index (Phi) is 3.71. The minimum atomic E-state index is -0.777. The second-order valence-electron chi connectivity index (χ2n) is 5.31. The van der Waals surface area contributed by atoms with Crippen molar-refractivity contribution >= 4 is 27.8 Å². The van der Waals surface area contributed by atoms with Crippen molar-refractivity contribution in [3.05, 3.63) is 22.4 Å². The molecular formula is C13H17BrN2O3. The summed E-state index contributed by atoms with van der Waals surface area (Å²) in [6.45, 7) is 2.73. The molecule has 1 fully saturated rings. The molecule has 0 bridgehead atoms. The molecule has 1 N–H and O–H groups in total. The van der Waals surface area contributed by atoms with Crippen LogP contribution in [0.2, 0.25) is 0 Å². The number of hydrogen-bond donors (Lipinski definition) is 1. The Morgan fingerprint density at radius 2 is 1.95 bits per heavy atom.